The number of nitrogens with zero attached hydrogens (tertiary/aromatic N) is 1. The molecule has 4 nitrogen and oxygen atoms in total. The maximum absolute atomic E-state index is 13.0. The van der Waals surface area contributed by atoms with Gasteiger partial charge in [-0.1, -0.05) is 19.3 Å². The first kappa shape index (κ1) is 13.7. The van der Waals surface area contributed by atoms with Crippen LogP contribution in [0.4, 0.5) is 0 Å². The zero-order valence-electron chi connectivity index (χ0n) is 12.0. The SMILES string of the molecule is NCC1(C(=O)N(Cc2ccco2)C2CCCC2)CCC1. The molecule has 0 radical (unpaired) electrons. The quantitative estimate of drug-likeness (QED) is 0.899. The standard InChI is InChI=1S/C16H24N2O2/c17-12-16(8-4-9-16)15(19)18(13-5-1-2-6-13)11-14-7-3-10-20-14/h3,7,10,13H,1-2,4-6,8-9,11-12,17H2. The van der Waals surface area contributed by atoms with Gasteiger partial charge in [0.15, 0.2) is 0 Å². The van der Waals surface area contributed by atoms with Crippen molar-refractivity contribution in [3.05, 3.63) is 24.2 Å². The van der Waals surface area contributed by atoms with Gasteiger partial charge in [0.1, 0.15) is 5.76 Å². The Balaban J connectivity index is 1.79. The third-order valence-electron chi connectivity index (χ3n) is 5.09. The lowest BCUT2D eigenvalue weighted by Gasteiger charge is -2.44. The van der Waals surface area contributed by atoms with E-state index in [0.717, 1.165) is 37.9 Å². The van der Waals surface area contributed by atoms with Crippen molar-refractivity contribution in [2.24, 2.45) is 11.1 Å². The van der Waals surface area contributed by atoms with Gasteiger partial charge in [-0.15, -0.1) is 0 Å². The summed E-state index contributed by atoms with van der Waals surface area (Å²) in [5.74, 6) is 1.13. The molecule has 0 aliphatic heterocycles. The van der Waals surface area contributed by atoms with Crippen molar-refractivity contribution in [2.45, 2.75) is 57.5 Å². The van der Waals surface area contributed by atoms with E-state index in [0.29, 0.717) is 19.1 Å². The van der Waals surface area contributed by atoms with E-state index in [4.69, 9.17) is 10.2 Å². The lowest BCUT2D eigenvalue weighted by atomic mass is 9.67. The van der Waals surface area contributed by atoms with Crippen LogP contribution in [0.25, 0.3) is 0 Å². The summed E-state index contributed by atoms with van der Waals surface area (Å²) in [6, 6.07) is 4.21. The van der Waals surface area contributed by atoms with Crippen LogP contribution in [0.1, 0.15) is 50.7 Å². The Morgan fingerprint density at radius 2 is 2.10 bits per heavy atom. The molecule has 4 heteroatoms. The Kier molecular flexibility index (Phi) is 3.83. The second-order valence-electron chi connectivity index (χ2n) is 6.29. The van der Waals surface area contributed by atoms with Gasteiger partial charge in [-0.3, -0.25) is 4.79 Å². The molecule has 1 amide bonds. The molecule has 110 valence electrons. The highest BCUT2D eigenvalue weighted by Crippen LogP contribution is 2.43. The van der Waals surface area contributed by atoms with Crippen LogP contribution in [0.5, 0.6) is 0 Å². The number of furan rings is 1. The fraction of sp³-hybridized carbons (Fsp3) is 0.688. The van der Waals surface area contributed by atoms with Crippen LogP contribution >= 0.6 is 0 Å². The highest BCUT2D eigenvalue weighted by Gasteiger charge is 2.46. The molecule has 0 bridgehead atoms. The van der Waals surface area contributed by atoms with E-state index in [1.807, 2.05) is 12.1 Å². The Bertz CT molecular complexity index is 440. The lowest BCUT2D eigenvalue weighted by molar-refractivity contribution is -0.150. The van der Waals surface area contributed by atoms with Crippen molar-refractivity contribution in [1.29, 1.82) is 0 Å². The molecule has 2 fully saturated rings. The number of hydrogen-bond acceptors (Lipinski definition) is 3. The number of carbonyl (C=O) groups excluding carboxylic acids is 1. The zero-order valence-corrected chi connectivity index (χ0v) is 12.0. The lowest BCUT2D eigenvalue weighted by Crippen LogP contribution is -2.54. The maximum Gasteiger partial charge on any atom is 0.230 e. The summed E-state index contributed by atoms with van der Waals surface area (Å²) >= 11 is 0. The molecule has 0 atom stereocenters. The van der Waals surface area contributed by atoms with Crippen LogP contribution < -0.4 is 5.73 Å². The van der Waals surface area contributed by atoms with Gasteiger partial charge in [0.05, 0.1) is 18.2 Å². The smallest absolute Gasteiger partial charge is 0.230 e. The van der Waals surface area contributed by atoms with Crippen LogP contribution in [0.15, 0.2) is 22.8 Å². The molecule has 2 aliphatic carbocycles. The highest BCUT2D eigenvalue weighted by molar-refractivity contribution is 5.84. The summed E-state index contributed by atoms with van der Waals surface area (Å²) in [5, 5.41) is 0. The predicted octanol–water partition coefficient (Wildman–Crippen LogP) is 2.68. The van der Waals surface area contributed by atoms with Crippen LogP contribution in [0.3, 0.4) is 0 Å². The predicted molar refractivity (Wildman–Crippen MR) is 76.9 cm³/mol. The minimum Gasteiger partial charge on any atom is -0.467 e. The number of hydrogen-bond donors (Lipinski definition) is 1. The molecular formula is C16H24N2O2. The minimum absolute atomic E-state index is 0.259. The molecular weight excluding hydrogens is 252 g/mol. The van der Waals surface area contributed by atoms with Crippen LogP contribution in [0.2, 0.25) is 0 Å². The molecule has 0 spiro atoms. The first-order valence-corrected chi connectivity index (χ1v) is 7.79. The van der Waals surface area contributed by atoms with E-state index >= 15 is 0 Å². The summed E-state index contributed by atoms with van der Waals surface area (Å²) in [6.45, 7) is 1.07. The summed E-state index contributed by atoms with van der Waals surface area (Å²) in [7, 11) is 0. The molecule has 0 unspecified atom stereocenters. The fourth-order valence-corrected chi connectivity index (χ4v) is 3.57. The van der Waals surface area contributed by atoms with Crippen molar-refractivity contribution in [2.75, 3.05) is 6.54 Å². The zero-order chi connectivity index (χ0) is 14.0. The number of nitrogens with two attached hydrogens (primary N) is 1. The first-order chi connectivity index (χ1) is 9.75. The van der Waals surface area contributed by atoms with Crippen molar-refractivity contribution < 1.29 is 9.21 Å². The largest absolute Gasteiger partial charge is 0.467 e. The van der Waals surface area contributed by atoms with Gasteiger partial charge in [-0.25, -0.2) is 0 Å². The minimum atomic E-state index is -0.283. The van der Waals surface area contributed by atoms with Gasteiger partial charge in [-0.05, 0) is 37.8 Å². The Hall–Kier alpha value is -1.29. The van der Waals surface area contributed by atoms with Gasteiger partial charge in [0.25, 0.3) is 0 Å². The van der Waals surface area contributed by atoms with E-state index in [1.165, 1.54) is 12.8 Å². The average molecular weight is 276 g/mol. The van der Waals surface area contributed by atoms with Crippen LogP contribution in [0, 0.1) is 5.41 Å². The second kappa shape index (κ2) is 5.60. The molecule has 0 aromatic carbocycles. The van der Waals surface area contributed by atoms with Gasteiger partial charge < -0.3 is 15.1 Å². The first-order valence-electron chi connectivity index (χ1n) is 7.79. The summed E-state index contributed by atoms with van der Waals surface area (Å²) in [5.41, 5.74) is 5.63. The molecule has 2 aliphatic rings. The average Bonchev–Trinajstić information content (AvgIpc) is 3.08. The number of carbonyl (C=O) groups is 1. The van der Waals surface area contributed by atoms with Gasteiger partial charge in [0.2, 0.25) is 5.91 Å². The molecule has 3 rings (SSSR count). The molecule has 0 saturated heterocycles. The van der Waals surface area contributed by atoms with Gasteiger partial charge in [-0.2, -0.15) is 0 Å². The van der Waals surface area contributed by atoms with E-state index in [-0.39, 0.29) is 11.3 Å². The second-order valence-corrected chi connectivity index (χ2v) is 6.29. The maximum atomic E-state index is 13.0. The van der Waals surface area contributed by atoms with Crippen LogP contribution in [-0.4, -0.2) is 23.4 Å². The van der Waals surface area contributed by atoms with Crippen LogP contribution in [-0.2, 0) is 11.3 Å². The third-order valence-corrected chi connectivity index (χ3v) is 5.09. The van der Waals surface area contributed by atoms with Gasteiger partial charge >= 0.3 is 0 Å². The van der Waals surface area contributed by atoms with E-state index in [9.17, 15) is 4.79 Å². The molecule has 1 aromatic heterocycles. The topological polar surface area (TPSA) is 59.5 Å². The van der Waals surface area contributed by atoms with E-state index in [1.54, 1.807) is 6.26 Å². The summed E-state index contributed by atoms with van der Waals surface area (Å²) < 4.78 is 5.45. The third kappa shape index (κ3) is 2.37. The molecule has 1 aromatic rings. The summed E-state index contributed by atoms with van der Waals surface area (Å²) in [6.07, 6.45) is 9.38. The van der Waals surface area contributed by atoms with E-state index in [2.05, 4.69) is 4.90 Å². The fourth-order valence-electron chi connectivity index (χ4n) is 3.57. The number of amides is 1. The highest BCUT2D eigenvalue weighted by atomic mass is 16.3. The molecule has 2 N–H and O–H groups in total. The molecule has 20 heavy (non-hydrogen) atoms. The Morgan fingerprint density at radius 1 is 1.35 bits per heavy atom. The van der Waals surface area contributed by atoms with Gasteiger partial charge in [0, 0.05) is 12.6 Å². The Morgan fingerprint density at radius 3 is 2.60 bits per heavy atom. The van der Waals surface area contributed by atoms with Crippen molar-refractivity contribution >= 4 is 5.91 Å². The monoisotopic (exact) mass is 276 g/mol. The van der Waals surface area contributed by atoms with Crippen molar-refractivity contribution in [1.82, 2.24) is 4.90 Å². The molecule has 1 heterocycles. The van der Waals surface area contributed by atoms with E-state index < -0.39 is 0 Å². The van der Waals surface area contributed by atoms with Crippen molar-refractivity contribution in [3.8, 4) is 0 Å². The summed E-state index contributed by atoms with van der Waals surface area (Å²) in [4.78, 5) is 15.0. The van der Waals surface area contributed by atoms with Crippen molar-refractivity contribution in [3.63, 3.8) is 0 Å². The number of rotatable bonds is 5. The molecule has 2 saturated carbocycles. The Labute approximate surface area is 120 Å². The normalized spacial score (nSPS) is 21.6.